The summed E-state index contributed by atoms with van der Waals surface area (Å²) in [4.78, 5) is 14.2. The second kappa shape index (κ2) is 7.82. The SMILES string of the molecule is COCCNC(=O)C(C)NCC1(N(C)C)CCCC1. The average molecular weight is 271 g/mol. The summed E-state index contributed by atoms with van der Waals surface area (Å²) in [7, 11) is 5.90. The van der Waals surface area contributed by atoms with Gasteiger partial charge in [-0.2, -0.15) is 0 Å². The predicted octanol–water partition coefficient (Wildman–Crippen LogP) is 0.602. The molecule has 0 aromatic heterocycles. The fraction of sp³-hybridized carbons (Fsp3) is 0.929. The van der Waals surface area contributed by atoms with Crippen molar-refractivity contribution >= 4 is 5.91 Å². The molecule has 1 atom stereocenters. The third-order valence-corrected chi connectivity index (χ3v) is 4.22. The highest BCUT2D eigenvalue weighted by Crippen LogP contribution is 2.33. The summed E-state index contributed by atoms with van der Waals surface area (Å²) in [6.07, 6.45) is 5.00. The van der Waals surface area contributed by atoms with Crippen LogP contribution in [0.1, 0.15) is 32.6 Å². The highest BCUT2D eigenvalue weighted by Gasteiger charge is 2.36. The van der Waals surface area contributed by atoms with Crippen molar-refractivity contribution in [3.8, 4) is 0 Å². The number of likely N-dealkylation sites (N-methyl/N-ethyl adjacent to an activating group) is 1. The van der Waals surface area contributed by atoms with Gasteiger partial charge in [0.05, 0.1) is 12.6 Å². The van der Waals surface area contributed by atoms with Gasteiger partial charge in [0.2, 0.25) is 5.91 Å². The minimum absolute atomic E-state index is 0.0453. The molecular formula is C14H29N3O2. The molecule has 0 saturated heterocycles. The topological polar surface area (TPSA) is 53.6 Å². The quantitative estimate of drug-likeness (QED) is 0.635. The van der Waals surface area contributed by atoms with Gasteiger partial charge in [0.1, 0.15) is 0 Å². The molecule has 0 radical (unpaired) electrons. The Morgan fingerprint density at radius 3 is 2.53 bits per heavy atom. The van der Waals surface area contributed by atoms with Crippen molar-refractivity contribution in [3.05, 3.63) is 0 Å². The minimum atomic E-state index is -0.158. The van der Waals surface area contributed by atoms with E-state index in [0.29, 0.717) is 13.2 Å². The summed E-state index contributed by atoms with van der Waals surface area (Å²) in [5.74, 6) is 0.0453. The van der Waals surface area contributed by atoms with E-state index < -0.39 is 0 Å². The first-order valence-corrected chi connectivity index (χ1v) is 7.19. The molecule has 1 aliphatic carbocycles. The Morgan fingerprint density at radius 1 is 1.37 bits per heavy atom. The number of ether oxygens (including phenoxy) is 1. The summed E-state index contributed by atoms with van der Waals surface area (Å²) < 4.78 is 4.92. The lowest BCUT2D eigenvalue weighted by atomic mass is 9.95. The van der Waals surface area contributed by atoms with Crippen LogP contribution in [0.4, 0.5) is 0 Å². The van der Waals surface area contributed by atoms with Gasteiger partial charge in [0.15, 0.2) is 0 Å². The maximum absolute atomic E-state index is 11.9. The molecule has 2 N–H and O–H groups in total. The van der Waals surface area contributed by atoms with Gasteiger partial charge in [-0.25, -0.2) is 0 Å². The molecule has 5 heteroatoms. The summed E-state index contributed by atoms with van der Waals surface area (Å²) in [6, 6.07) is -0.158. The largest absolute Gasteiger partial charge is 0.383 e. The second-order valence-corrected chi connectivity index (χ2v) is 5.71. The Bertz CT molecular complexity index is 276. The average Bonchev–Trinajstić information content (AvgIpc) is 2.86. The van der Waals surface area contributed by atoms with Gasteiger partial charge in [-0.1, -0.05) is 12.8 Å². The third-order valence-electron chi connectivity index (χ3n) is 4.22. The fourth-order valence-corrected chi connectivity index (χ4v) is 2.68. The molecule has 1 aliphatic rings. The van der Waals surface area contributed by atoms with E-state index in [9.17, 15) is 4.79 Å². The van der Waals surface area contributed by atoms with Crippen molar-refractivity contribution in [2.75, 3.05) is 40.9 Å². The molecule has 0 heterocycles. The molecule has 1 amide bonds. The highest BCUT2D eigenvalue weighted by molar-refractivity contribution is 5.81. The predicted molar refractivity (Wildman–Crippen MR) is 77.2 cm³/mol. The Hall–Kier alpha value is -0.650. The van der Waals surface area contributed by atoms with Crippen LogP contribution in [0, 0.1) is 0 Å². The number of nitrogens with one attached hydrogen (secondary N) is 2. The molecule has 0 aromatic carbocycles. The number of carbonyl (C=O) groups excluding carboxylic acids is 1. The van der Waals surface area contributed by atoms with Crippen molar-refractivity contribution < 1.29 is 9.53 Å². The molecule has 0 aromatic rings. The first-order valence-electron chi connectivity index (χ1n) is 7.19. The summed E-state index contributed by atoms with van der Waals surface area (Å²) >= 11 is 0. The van der Waals surface area contributed by atoms with E-state index in [1.54, 1.807) is 7.11 Å². The van der Waals surface area contributed by atoms with E-state index in [2.05, 4.69) is 29.6 Å². The van der Waals surface area contributed by atoms with Gasteiger partial charge in [-0.3, -0.25) is 4.79 Å². The van der Waals surface area contributed by atoms with E-state index >= 15 is 0 Å². The molecule has 1 fully saturated rings. The van der Waals surface area contributed by atoms with Crippen LogP contribution >= 0.6 is 0 Å². The lowest BCUT2D eigenvalue weighted by Crippen LogP contribution is -2.54. The van der Waals surface area contributed by atoms with Gasteiger partial charge in [-0.05, 0) is 33.9 Å². The van der Waals surface area contributed by atoms with Crippen molar-refractivity contribution in [2.24, 2.45) is 0 Å². The van der Waals surface area contributed by atoms with Crippen LogP contribution < -0.4 is 10.6 Å². The summed E-state index contributed by atoms with van der Waals surface area (Å²) in [6.45, 7) is 3.92. The number of nitrogens with zero attached hydrogens (tertiary/aromatic N) is 1. The molecule has 5 nitrogen and oxygen atoms in total. The molecule has 1 saturated carbocycles. The maximum Gasteiger partial charge on any atom is 0.236 e. The molecule has 19 heavy (non-hydrogen) atoms. The number of hydrogen-bond acceptors (Lipinski definition) is 4. The number of carbonyl (C=O) groups is 1. The normalized spacial score (nSPS) is 19.6. The van der Waals surface area contributed by atoms with Crippen LogP contribution in [-0.4, -0.2) is 63.3 Å². The monoisotopic (exact) mass is 271 g/mol. The van der Waals surface area contributed by atoms with Crippen LogP contribution in [-0.2, 0) is 9.53 Å². The lowest BCUT2D eigenvalue weighted by molar-refractivity contribution is -0.123. The maximum atomic E-state index is 11.9. The van der Waals surface area contributed by atoms with E-state index in [-0.39, 0.29) is 17.5 Å². The van der Waals surface area contributed by atoms with Gasteiger partial charge in [-0.15, -0.1) is 0 Å². The molecule has 112 valence electrons. The smallest absolute Gasteiger partial charge is 0.236 e. The number of hydrogen-bond donors (Lipinski definition) is 2. The Balaban J connectivity index is 2.35. The first kappa shape index (κ1) is 16.4. The number of rotatable bonds is 8. The molecular weight excluding hydrogens is 242 g/mol. The molecule has 1 rings (SSSR count). The molecule has 1 unspecified atom stereocenters. The van der Waals surface area contributed by atoms with E-state index in [0.717, 1.165) is 6.54 Å². The zero-order chi connectivity index (χ0) is 14.3. The Kier molecular flexibility index (Phi) is 6.75. The van der Waals surface area contributed by atoms with Crippen LogP contribution in [0.3, 0.4) is 0 Å². The minimum Gasteiger partial charge on any atom is -0.383 e. The number of methoxy groups -OCH3 is 1. The Morgan fingerprint density at radius 2 is 2.00 bits per heavy atom. The van der Waals surface area contributed by atoms with Crippen molar-refractivity contribution in [1.29, 1.82) is 0 Å². The van der Waals surface area contributed by atoms with Gasteiger partial charge >= 0.3 is 0 Å². The molecule has 0 spiro atoms. The highest BCUT2D eigenvalue weighted by atomic mass is 16.5. The third kappa shape index (κ3) is 4.75. The summed E-state index contributed by atoms with van der Waals surface area (Å²) in [5, 5.41) is 6.24. The first-order chi connectivity index (χ1) is 9.02. The van der Waals surface area contributed by atoms with Crippen LogP contribution in [0.15, 0.2) is 0 Å². The van der Waals surface area contributed by atoms with Crippen molar-refractivity contribution in [2.45, 2.75) is 44.2 Å². The van der Waals surface area contributed by atoms with Crippen molar-refractivity contribution in [1.82, 2.24) is 15.5 Å². The Labute approximate surface area is 117 Å². The zero-order valence-corrected chi connectivity index (χ0v) is 12.8. The fourth-order valence-electron chi connectivity index (χ4n) is 2.68. The van der Waals surface area contributed by atoms with Gasteiger partial charge in [0, 0.05) is 25.7 Å². The molecule has 0 aliphatic heterocycles. The zero-order valence-electron chi connectivity index (χ0n) is 12.8. The van der Waals surface area contributed by atoms with Gasteiger partial charge in [0.25, 0.3) is 0 Å². The van der Waals surface area contributed by atoms with Crippen LogP contribution in [0.2, 0.25) is 0 Å². The standard InChI is InChI=1S/C14H29N3O2/c1-12(13(18)15-9-10-19-4)16-11-14(17(2)3)7-5-6-8-14/h12,16H,5-11H2,1-4H3,(H,15,18). The lowest BCUT2D eigenvalue weighted by Gasteiger charge is -2.37. The van der Waals surface area contributed by atoms with Gasteiger partial charge < -0.3 is 20.3 Å². The summed E-state index contributed by atoms with van der Waals surface area (Å²) in [5.41, 5.74) is 0.223. The van der Waals surface area contributed by atoms with E-state index in [4.69, 9.17) is 4.74 Å². The van der Waals surface area contributed by atoms with Crippen molar-refractivity contribution in [3.63, 3.8) is 0 Å². The van der Waals surface area contributed by atoms with E-state index in [1.165, 1.54) is 25.7 Å². The van der Waals surface area contributed by atoms with E-state index in [1.807, 2.05) is 6.92 Å². The second-order valence-electron chi connectivity index (χ2n) is 5.71. The van der Waals surface area contributed by atoms with Crippen LogP contribution in [0.5, 0.6) is 0 Å². The molecule has 0 bridgehead atoms. The van der Waals surface area contributed by atoms with Crippen LogP contribution in [0.25, 0.3) is 0 Å². The number of amides is 1.